The molecular weight excluding hydrogens is 303 g/mol. The summed E-state index contributed by atoms with van der Waals surface area (Å²) in [5.74, 6) is -0.714. The minimum Gasteiger partial charge on any atom is -0.350 e. The van der Waals surface area contributed by atoms with Crippen LogP contribution in [-0.4, -0.2) is 46.0 Å². The van der Waals surface area contributed by atoms with Gasteiger partial charge in [0, 0.05) is 12.6 Å². The molecule has 1 aromatic rings. The summed E-state index contributed by atoms with van der Waals surface area (Å²) >= 11 is 11.5. The maximum atomic E-state index is 12.2. The Balaban J connectivity index is 2.77. The van der Waals surface area contributed by atoms with E-state index in [1.165, 1.54) is 18.0 Å². The van der Waals surface area contributed by atoms with Crippen molar-refractivity contribution in [1.29, 1.82) is 0 Å². The molecule has 8 heteroatoms. The van der Waals surface area contributed by atoms with Crippen LogP contribution in [-0.2, 0) is 4.79 Å². The molecule has 0 spiro atoms. The average molecular weight is 319 g/mol. The lowest BCUT2D eigenvalue weighted by Crippen LogP contribution is -2.46. The highest BCUT2D eigenvalue weighted by atomic mass is 35.5. The quantitative estimate of drug-likeness (QED) is 0.921. The summed E-state index contributed by atoms with van der Waals surface area (Å²) in [6.07, 6.45) is 0. The number of nitrogens with one attached hydrogen (secondary N) is 1. The van der Waals surface area contributed by atoms with Gasteiger partial charge in [0.1, 0.15) is 0 Å². The van der Waals surface area contributed by atoms with Crippen molar-refractivity contribution in [3.05, 3.63) is 21.9 Å². The molecule has 0 aliphatic rings. The van der Waals surface area contributed by atoms with Crippen molar-refractivity contribution >= 4 is 35.0 Å². The number of likely N-dealkylation sites (N-methyl/N-ethyl adjacent to an activating group) is 1. The lowest BCUT2D eigenvalue weighted by molar-refractivity contribution is -0.122. The average Bonchev–Trinajstić information content (AvgIpc) is 2.28. The van der Waals surface area contributed by atoms with Gasteiger partial charge in [0.25, 0.3) is 5.91 Å². The first-order chi connectivity index (χ1) is 9.10. The third kappa shape index (κ3) is 4.94. The van der Waals surface area contributed by atoms with Crippen LogP contribution in [0.3, 0.4) is 0 Å². The van der Waals surface area contributed by atoms with Crippen LogP contribution in [0.2, 0.25) is 10.3 Å². The van der Waals surface area contributed by atoms with E-state index < -0.39 is 5.91 Å². The third-order valence-electron chi connectivity index (χ3n) is 2.19. The van der Waals surface area contributed by atoms with Gasteiger partial charge in [-0.2, -0.15) is 0 Å². The fraction of sp³-hybridized carbons (Fsp3) is 0.500. The highest BCUT2D eigenvalue weighted by molar-refractivity contribution is 6.34. The van der Waals surface area contributed by atoms with Crippen molar-refractivity contribution < 1.29 is 9.59 Å². The zero-order valence-electron chi connectivity index (χ0n) is 11.7. The summed E-state index contributed by atoms with van der Waals surface area (Å²) in [7, 11) is 1.50. The predicted octanol–water partition coefficient (Wildman–Crippen LogP) is 1.77. The van der Waals surface area contributed by atoms with Crippen molar-refractivity contribution in [2.45, 2.75) is 26.3 Å². The molecule has 1 rings (SSSR count). The molecule has 0 aliphatic carbocycles. The van der Waals surface area contributed by atoms with Crippen molar-refractivity contribution in [1.82, 2.24) is 20.4 Å². The van der Waals surface area contributed by atoms with E-state index in [0.29, 0.717) is 0 Å². The summed E-state index contributed by atoms with van der Waals surface area (Å²) in [5, 5.41) is 9.85. The first-order valence-corrected chi connectivity index (χ1v) is 6.61. The Morgan fingerprint density at radius 3 is 2.45 bits per heavy atom. The summed E-state index contributed by atoms with van der Waals surface area (Å²) in [4.78, 5) is 25.2. The normalized spacial score (nSPS) is 11.1. The monoisotopic (exact) mass is 318 g/mol. The van der Waals surface area contributed by atoms with Crippen LogP contribution in [0.25, 0.3) is 0 Å². The lowest BCUT2D eigenvalue weighted by Gasteiger charge is -2.23. The molecule has 1 heterocycles. The molecule has 6 nitrogen and oxygen atoms in total. The van der Waals surface area contributed by atoms with E-state index in [9.17, 15) is 9.59 Å². The van der Waals surface area contributed by atoms with E-state index in [1.807, 2.05) is 20.8 Å². The van der Waals surface area contributed by atoms with Crippen molar-refractivity contribution in [2.24, 2.45) is 0 Å². The van der Waals surface area contributed by atoms with Gasteiger partial charge in [-0.05, 0) is 26.8 Å². The van der Waals surface area contributed by atoms with Gasteiger partial charge in [-0.15, -0.1) is 10.2 Å². The Kier molecular flexibility index (Phi) is 5.30. The maximum absolute atomic E-state index is 12.2. The number of carbonyl (C=O) groups excluding carboxylic acids is 2. The first kappa shape index (κ1) is 16.7. The van der Waals surface area contributed by atoms with Crippen LogP contribution < -0.4 is 5.32 Å². The third-order valence-corrected chi connectivity index (χ3v) is 2.66. The zero-order valence-corrected chi connectivity index (χ0v) is 13.2. The molecule has 0 bridgehead atoms. The molecule has 0 saturated heterocycles. The van der Waals surface area contributed by atoms with E-state index in [4.69, 9.17) is 23.2 Å². The second-order valence-electron chi connectivity index (χ2n) is 5.33. The van der Waals surface area contributed by atoms with E-state index in [2.05, 4.69) is 15.5 Å². The smallest absolute Gasteiger partial charge is 0.257 e. The Labute approximate surface area is 127 Å². The van der Waals surface area contributed by atoms with Crippen LogP contribution in [0.1, 0.15) is 31.1 Å². The second-order valence-corrected chi connectivity index (χ2v) is 6.08. The summed E-state index contributed by atoms with van der Waals surface area (Å²) in [6.45, 7) is 5.48. The number of hydrogen-bond donors (Lipinski definition) is 1. The molecule has 2 amide bonds. The minimum absolute atomic E-state index is 0.0533. The molecule has 0 aliphatic heterocycles. The number of carbonyl (C=O) groups is 2. The maximum Gasteiger partial charge on any atom is 0.257 e. The molecular formula is C12H16Cl2N4O2. The molecule has 1 aromatic heterocycles. The fourth-order valence-corrected chi connectivity index (χ4v) is 1.77. The van der Waals surface area contributed by atoms with E-state index in [-0.39, 0.29) is 33.9 Å². The summed E-state index contributed by atoms with van der Waals surface area (Å²) < 4.78 is 0. The van der Waals surface area contributed by atoms with E-state index >= 15 is 0 Å². The second kappa shape index (κ2) is 6.37. The van der Waals surface area contributed by atoms with Gasteiger partial charge >= 0.3 is 0 Å². The fourth-order valence-electron chi connectivity index (χ4n) is 1.45. The van der Waals surface area contributed by atoms with Crippen molar-refractivity contribution in [2.75, 3.05) is 13.6 Å². The summed E-state index contributed by atoms with van der Waals surface area (Å²) in [6, 6.07) is 1.32. The Bertz CT molecular complexity index is 529. The number of aromatic nitrogens is 2. The van der Waals surface area contributed by atoms with E-state index in [0.717, 1.165) is 0 Å². The Hall–Kier alpha value is -1.40. The Morgan fingerprint density at radius 1 is 1.30 bits per heavy atom. The van der Waals surface area contributed by atoms with Crippen molar-refractivity contribution in [3.63, 3.8) is 0 Å². The SMILES string of the molecule is CN(CC(=O)NC(C)(C)C)C(=O)c1cc(Cl)nnc1Cl. The molecule has 20 heavy (non-hydrogen) atoms. The summed E-state index contributed by atoms with van der Waals surface area (Å²) in [5.41, 5.74) is -0.252. The van der Waals surface area contributed by atoms with Crippen LogP contribution in [0.4, 0.5) is 0 Å². The number of rotatable bonds is 3. The largest absolute Gasteiger partial charge is 0.350 e. The Morgan fingerprint density at radius 2 is 1.90 bits per heavy atom. The molecule has 0 fully saturated rings. The lowest BCUT2D eigenvalue weighted by atomic mass is 10.1. The van der Waals surface area contributed by atoms with Gasteiger partial charge in [0.15, 0.2) is 10.3 Å². The molecule has 0 aromatic carbocycles. The molecule has 0 radical (unpaired) electrons. The molecule has 0 atom stereocenters. The van der Waals surface area contributed by atoms with Gasteiger partial charge in [-0.1, -0.05) is 23.2 Å². The topological polar surface area (TPSA) is 75.2 Å². The number of nitrogens with zero attached hydrogens (tertiary/aromatic N) is 3. The number of halogens is 2. The van der Waals surface area contributed by atoms with Gasteiger partial charge in [0.2, 0.25) is 5.91 Å². The number of hydrogen-bond acceptors (Lipinski definition) is 4. The molecule has 0 unspecified atom stereocenters. The van der Waals surface area contributed by atoms with Crippen LogP contribution in [0.15, 0.2) is 6.07 Å². The van der Waals surface area contributed by atoms with E-state index in [1.54, 1.807) is 0 Å². The molecule has 110 valence electrons. The van der Waals surface area contributed by atoms with Gasteiger partial charge in [-0.3, -0.25) is 9.59 Å². The van der Waals surface area contributed by atoms with Crippen LogP contribution in [0.5, 0.6) is 0 Å². The molecule has 0 saturated carbocycles. The zero-order chi connectivity index (χ0) is 15.5. The first-order valence-electron chi connectivity index (χ1n) is 5.85. The standard InChI is InChI=1S/C12H16Cl2N4O2/c1-12(2,3)15-9(19)6-18(4)11(20)7-5-8(13)16-17-10(7)14/h5H,6H2,1-4H3,(H,15,19). The van der Waals surface area contributed by atoms with Gasteiger partial charge < -0.3 is 10.2 Å². The van der Waals surface area contributed by atoms with Gasteiger partial charge in [-0.25, -0.2) is 0 Å². The number of amides is 2. The predicted molar refractivity (Wildman–Crippen MR) is 76.9 cm³/mol. The van der Waals surface area contributed by atoms with Crippen LogP contribution >= 0.6 is 23.2 Å². The van der Waals surface area contributed by atoms with Gasteiger partial charge in [0.05, 0.1) is 12.1 Å². The minimum atomic E-state index is -0.448. The highest BCUT2D eigenvalue weighted by Gasteiger charge is 2.21. The highest BCUT2D eigenvalue weighted by Crippen LogP contribution is 2.16. The van der Waals surface area contributed by atoms with Crippen molar-refractivity contribution in [3.8, 4) is 0 Å². The molecule has 1 N–H and O–H groups in total. The van der Waals surface area contributed by atoms with Crippen LogP contribution in [0, 0.1) is 0 Å².